The van der Waals surface area contributed by atoms with Gasteiger partial charge in [0.05, 0.1) is 32.8 Å². The number of nitrogens with one attached hydrogen (secondary N) is 1. The van der Waals surface area contributed by atoms with Crippen LogP contribution in [0, 0.1) is 6.92 Å². The van der Waals surface area contributed by atoms with Gasteiger partial charge in [-0.2, -0.15) is 0 Å². The molecule has 0 saturated carbocycles. The van der Waals surface area contributed by atoms with Gasteiger partial charge in [0.1, 0.15) is 12.3 Å². The minimum absolute atomic E-state index is 0.0961. The number of carbonyl (C=O) groups is 1. The van der Waals surface area contributed by atoms with E-state index in [1.54, 1.807) is 11.0 Å². The third kappa shape index (κ3) is 5.44. The summed E-state index contributed by atoms with van der Waals surface area (Å²) in [5.41, 5.74) is 3.76. The predicted octanol–water partition coefficient (Wildman–Crippen LogP) is 2.33. The summed E-state index contributed by atoms with van der Waals surface area (Å²) in [4.78, 5) is 16.0. The summed E-state index contributed by atoms with van der Waals surface area (Å²) in [6.45, 7) is 9.45. The number of hydrogen-bond donors (Lipinski definition) is 1. The highest BCUT2D eigenvalue weighted by Crippen LogP contribution is 2.13. The van der Waals surface area contributed by atoms with Gasteiger partial charge in [-0.15, -0.1) is 0 Å². The molecular formula is C23H29N2O2+. The molecule has 0 spiro atoms. The van der Waals surface area contributed by atoms with Crippen LogP contribution in [0.25, 0.3) is 6.08 Å². The molecule has 2 aromatic carbocycles. The van der Waals surface area contributed by atoms with Crippen LogP contribution < -0.4 is 9.64 Å². The molecule has 0 aromatic heterocycles. The molecule has 1 amide bonds. The second-order valence-corrected chi connectivity index (χ2v) is 7.01. The maximum absolute atomic E-state index is 12.5. The van der Waals surface area contributed by atoms with Crippen LogP contribution in [0.3, 0.4) is 0 Å². The fraction of sp³-hybridized carbons (Fsp3) is 0.348. The number of carbonyl (C=O) groups excluding carboxylic acids is 1. The van der Waals surface area contributed by atoms with Gasteiger partial charge in [-0.25, -0.2) is 0 Å². The van der Waals surface area contributed by atoms with Crippen LogP contribution in [0.5, 0.6) is 5.75 Å². The maximum Gasteiger partial charge on any atom is 0.246 e. The zero-order valence-electron chi connectivity index (χ0n) is 16.3. The van der Waals surface area contributed by atoms with Gasteiger partial charge in [0.25, 0.3) is 0 Å². The highest BCUT2D eigenvalue weighted by atomic mass is 16.5. The Balaban J connectivity index is 1.48. The van der Waals surface area contributed by atoms with Crippen molar-refractivity contribution in [3.05, 3.63) is 71.3 Å². The Morgan fingerprint density at radius 1 is 1.11 bits per heavy atom. The molecule has 27 heavy (non-hydrogen) atoms. The van der Waals surface area contributed by atoms with Crippen molar-refractivity contribution in [1.29, 1.82) is 0 Å². The Hall–Kier alpha value is -2.59. The monoisotopic (exact) mass is 365 g/mol. The van der Waals surface area contributed by atoms with E-state index in [4.69, 9.17) is 4.74 Å². The lowest BCUT2D eigenvalue weighted by molar-refractivity contribution is -0.917. The van der Waals surface area contributed by atoms with E-state index in [1.807, 2.05) is 42.2 Å². The van der Waals surface area contributed by atoms with Gasteiger partial charge in [0.2, 0.25) is 5.91 Å². The number of hydrogen-bond acceptors (Lipinski definition) is 2. The number of nitrogens with zero attached hydrogens (tertiary/aromatic N) is 1. The lowest BCUT2D eigenvalue weighted by Crippen LogP contribution is -3.13. The average molecular weight is 365 g/mol. The first-order valence-corrected chi connectivity index (χ1v) is 9.73. The molecule has 4 nitrogen and oxygen atoms in total. The zero-order chi connectivity index (χ0) is 19.1. The number of piperazine rings is 1. The smallest absolute Gasteiger partial charge is 0.246 e. The lowest BCUT2D eigenvalue weighted by atomic mass is 10.1. The normalized spacial score (nSPS) is 15.3. The zero-order valence-corrected chi connectivity index (χ0v) is 16.3. The van der Waals surface area contributed by atoms with E-state index in [0.29, 0.717) is 6.61 Å². The second kappa shape index (κ2) is 9.38. The summed E-state index contributed by atoms with van der Waals surface area (Å²) < 4.78 is 5.44. The first kappa shape index (κ1) is 19.2. The molecule has 0 radical (unpaired) electrons. The molecule has 3 rings (SSSR count). The Kier molecular flexibility index (Phi) is 6.66. The van der Waals surface area contributed by atoms with E-state index in [1.165, 1.54) is 11.1 Å². The summed E-state index contributed by atoms with van der Waals surface area (Å²) in [6, 6.07) is 16.4. The van der Waals surface area contributed by atoms with Crippen molar-refractivity contribution in [3.8, 4) is 5.75 Å². The third-order valence-corrected chi connectivity index (χ3v) is 5.09. The number of ether oxygens (including phenoxy) is 1. The van der Waals surface area contributed by atoms with Crippen LogP contribution in [0.2, 0.25) is 0 Å². The number of amides is 1. The van der Waals surface area contributed by atoms with Crippen molar-refractivity contribution in [2.24, 2.45) is 0 Å². The Bertz CT molecular complexity index is 775. The largest absolute Gasteiger partial charge is 0.494 e. The summed E-state index contributed by atoms with van der Waals surface area (Å²) in [7, 11) is 0. The SMILES string of the molecule is CCOc1ccc(/C=C/C(=O)N2CC[NH+](Cc3ccccc3C)CC2)cc1. The van der Waals surface area contributed by atoms with Gasteiger partial charge in [-0.3, -0.25) is 4.79 Å². The van der Waals surface area contributed by atoms with Gasteiger partial charge < -0.3 is 14.5 Å². The second-order valence-electron chi connectivity index (χ2n) is 7.01. The first-order valence-electron chi connectivity index (χ1n) is 9.73. The summed E-state index contributed by atoms with van der Waals surface area (Å²) >= 11 is 0. The van der Waals surface area contributed by atoms with Crippen molar-refractivity contribution >= 4 is 12.0 Å². The van der Waals surface area contributed by atoms with Crippen molar-refractivity contribution in [1.82, 2.24) is 4.90 Å². The minimum atomic E-state index is 0.0961. The van der Waals surface area contributed by atoms with Crippen molar-refractivity contribution in [3.63, 3.8) is 0 Å². The number of aryl methyl sites for hydroxylation is 1. The molecule has 2 aromatic rings. The number of rotatable bonds is 6. The van der Waals surface area contributed by atoms with Crippen LogP contribution in [-0.2, 0) is 11.3 Å². The van der Waals surface area contributed by atoms with Crippen LogP contribution in [0.15, 0.2) is 54.6 Å². The molecule has 1 N–H and O–H groups in total. The molecule has 0 bridgehead atoms. The van der Waals surface area contributed by atoms with Crippen LogP contribution >= 0.6 is 0 Å². The molecule has 1 aliphatic heterocycles. The van der Waals surface area contributed by atoms with Crippen LogP contribution in [-0.4, -0.2) is 43.6 Å². The van der Waals surface area contributed by atoms with Gasteiger partial charge in [0.15, 0.2) is 0 Å². The van der Waals surface area contributed by atoms with Gasteiger partial charge in [-0.1, -0.05) is 36.4 Å². The molecular weight excluding hydrogens is 336 g/mol. The summed E-state index contributed by atoms with van der Waals surface area (Å²) in [5.74, 6) is 0.951. The molecule has 1 heterocycles. The molecule has 142 valence electrons. The molecule has 0 unspecified atom stereocenters. The Labute approximate surface area is 162 Å². The van der Waals surface area contributed by atoms with E-state index in [0.717, 1.165) is 44.0 Å². The Morgan fingerprint density at radius 2 is 1.81 bits per heavy atom. The lowest BCUT2D eigenvalue weighted by Gasteiger charge is -2.32. The van der Waals surface area contributed by atoms with Crippen molar-refractivity contribution in [2.75, 3.05) is 32.8 Å². The summed E-state index contributed by atoms with van der Waals surface area (Å²) in [5, 5.41) is 0. The maximum atomic E-state index is 12.5. The van der Waals surface area contributed by atoms with Gasteiger partial charge in [0, 0.05) is 11.6 Å². The molecule has 0 atom stereocenters. The van der Waals surface area contributed by atoms with E-state index >= 15 is 0 Å². The molecule has 1 fully saturated rings. The minimum Gasteiger partial charge on any atom is -0.494 e. The summed E-state index contributed by atoms with van der Waals surface area (Å²) in [6.07, 6.45) is 3.56. The molecule has 4 heteroatoms. The quantitative estimate of drug-likeness (QED) is 0.798. The highest BCUT2D eigenvalue weighted by molar-refractivity contribution is 5.91. The van der Waals surface area contributed by atoms with Crippen molar-refractivity contribution in [2.45, 2.75) is 20.4 Å². The standard InChI is InChI=1S/C23H28N2O2/c1-3-27-22-11-8-20(9-12-22)10-13-23(26)25-16-14-24(15-17-25)18-21-7-5-4-6-19(21)2/h4-13H,3,14-18H2,1-2H3/p+1/b13-10+. The van der Waals surface area contributed by atoms with Gasteiger partial charge in [-0.05, 0) is 43.2 Å². The van der Waals surface area contributed by atoms with Gasteiger partial charge >= 0.3 is 0 Å². The number of quaternary nitrogens is 1. The van der Waals surface area contributed by atoms with Crippen LogP contribution in [0.1, 0.15) is 23.6 Å². The van der Waals surface area contributed by atoms with E-state index in [2.05, 4.69) is 31.2 Å². The third-order valence-electron chi connectivity index (χ3n) is 5.09. The van der Waals surface area contributed by atoms with Crippen molar-refractivity contribution < 1.29 is 14.4 Å². The molecule has 1 aliphatic rings. The average Bonchev–Trinajstić information content (AvgIpc) is 2.70. The topological polar surface area (TPSA) is 34.0 Å². The van der Waals surface area contributed by atoms with E-state index in [9.17, 15) is 4.79 Å². The Morgan fingerprint density at radius 3 is 2.48 bits per heavy atom. The number of benzene rings is 2. The highest BCUT2D eigenvalue weighted by Gasteiger charge is 2.22. The van der Waals surface area contributed by atoms with Crippen LogP contribution in [0.4, 0.5) is 0 Å². The first-order chi connectivity index (χ1) is 13.2. The fourth-order valence-electron chi connectivity index (χ4n) is 3.41. The molecule has 1 saturated heterocycles. The van der Waals surface area contributed by atoms with E-state index in [-0.39, 0.29) is 5.91 Å². The molecule has 0 aliphatic carbocycles. The fourth-order valence-corrected chi connectivity index (χ4v) is 3.41. The van der Waals surface area contributed by atoms with E-state index < -0.39 is 0 Å². The predicted molar refractivity (Wildman–Crippen MR) is 109 cm³/mol.